The Bertz CT molecular complexity index is 1030. The number of imidazole rings is 1. The van der Waals surface area contributed by atoms with Gasteiger partial charge >= 0.3 is 0 Å². The van der Waals surface area contributed by atoms with Crippen molar-refractivity contribution in [2.24, 2.45) is 0 Å². The highest BCUT2D eigenvalue weighted by Gasteiger charge is 2.23. The van der Waals surface area contributed by atoms with Crippen LogP contribution in [0.25, 0.3) is 27.9 Å². The van der Waals surface area contributed by atoms with Crippen LogP contribution in [0.3, 0.4) is 0 Å². The average molecular weight is 325 g/mol. The molecule has 1 N–H and O–H groups in total. The number of aromatic nitrogens is 6. The quantitative estimate of drug-likeness (QED) is 0.611. The van der Waals surface area contributed by atoms with Crippen molar-refractivity contribution < 1.29 is 0 Å². The molecule has 1 saturated carbocycles. The summed E-state index contributed by atoms with van der Waals surface area (Å²) >= 11 is 6.11. The highest BCUT2D eigenvalue weighted by atomic mass is 35.5. The van der Waals surface area contributed by atoms with Crippen LogP contribution in [0.1, 0.15) is 31.0 Å². The molecule has 4 aromatic heterocycles. The molecule has 114 valence electrons. The Hall–Kier alpha value is -2.47. The second-order valence-electron chi connectivity index (χ2n) is 5.89. The average Bonchev–Trinajstić information content (AvgIpc) is 3.09. The Morgan fingerprint density at radius 2 is 2.09 bits per heavy atom. The molecule has 0 atom stereocenters. The van der Waals surface area contributed by atoms with Gasteiger partial charge in [-0.05, 0) is 25.0 Å². The van der Waals surface area contributed by atoms with Gasteiger partial charge in [0.25, 0.3) is 0 Å². The van der Waals surface area contributed by atoms with Crippen LogP contribution in [0.4, 0.5) is 0 Å². The number of nitrogens with one attached hydrogen (secondary N) is 1. The zero-order valence-corrected chi connectivity index (χ0v) is 13.0. The van der Waals surface area contributed by atoms with Crippen molar-refractivity contribution in [2.75, 3.05) is 0 Å². The van der Waals surface area contributed by atoms with Gasteiger partial charge in [-0.15, -0.1) is 0 Å². The van der Waals surface area contributed by atoms with Gasteiger partial charge < -0.3 is 4.98 Å². The van der Waals surface area contributed by atoms with Crippen LogP contribution in [-0.2, 0) is 0 Å². The van der Waals surface area contributed by atoms with E-state index < -0.39 is 0 Å². The summed E-state index contributed by atoms with van der Waals surface area (Å²) in [5, 5.41) is 6.02. The Morgan fingerprint density at radius 1 is 1.17 bits per heavy atom. The topological polar surface area (TPSA) is 71.8 Å². The second kappa shape index (κ2) is 4.76. The summed E-state index contributed by atoms with van der Waals surface area (Å²) in [5.41, 5.74) is 3.35. The van der Waals surface area contributed by atoms with E-state index >= 15 is 0 Å². The number of aromatic amines is 1. The van der Waals surface area contributed by atoms with Crippen LogP contribution in [-0.4, -0.2) is 29.5 Å². The molecule has 0 spiro atoms. The third-order valence-electron chi connectivity index (χ3n) is 4.52. The lowest BCUT2D eigenvalue weighted by Crippen LogP contribution is -2.12. The van der Waals surface area contributed by atoms with Gasteiger partial charge in [0.05, 0.1) is 11.9 Å². The van der Waals surface area contributed by atoms with E-state index in [1.165, 1.54) is 19.3 Å². The number of rotatable bonds is 2. The van der Waals surface area contributed by atoms with Crippen LogP contribution in [0.5, 0.6) is 0 Å². The molecule has 0 radical (unpaired) electrons. The van der Waals surface area contributed by atoms with Crippen molar-refractivity contribution in [1.29, 1.82) is 0 Å². The van der Waals surface area contributed by atoms with Crippen LogP contribution in [0.2, 0.25) is 5.15 Å². The first kappa shape index (κ1) is 13.0. The molecule has 1 fully saturated rings. The molecule has 0 aromatic carbocycles. The molecule has 6 nitrogen and oxygen atoms in total. The van der Waals surface area contributed by atoms with E-state index in [2.05, 4.69) is 25.0 Å². The van der Waals surface area contributed by atoms with Crippen molar-refractivity contribution in [3.8, 4) is 11.3 Å². The molecule has 0 amide bonds. The van der Waals surface area contributed by atoms with E-state index in [-0.39, 0.29) is 0 Å². The van der Waals surface area contributed by atoms with E-state index in [0.717, 1.165) is 33.8 Å². The van der Waals surface area contributed by atoms with Crippen molar-refractivity contribution in [3.63, 3.8) is 0 Å². The third-order valence-corrected chi connectivity index (χ3v) is 4.78. The van der Waals surface area contributed by atoms with E-state index in [1.807, 2.05) is 24.5 Å². The predicted octanol–water partition coefficient (Wildman–Crippen LogP) is 3.59. The Labute approximate surface area is 136 Å². The lowest BCUT2D eigenvalue weighted by Gasteiger charge is -2.23. The molecular formula is C16H13ClN6. The second-order valence-corrected chi connectivity index (χ2v) is 6.28. The van der Waals surface area contributed by atoms with Gasteiger partial charge in [0.2, 0.25) is 0 Å². The summed E-state index contributed by atoms with van der Waals surface area (Å²) in [5.74, 6) is 1.46. The van der Waals surface area contributed by atoms with E-state index in [0.29, 0.717) is 11.1 Å². The SMILES string of the molecule is Clc1cnc2ccc(-c3c[nH]c4nc(C5CCC5)ncc34)nn12. The van der Waals surface area contributed by atoms with Crippen molar-refractivity contribution in [1.82, 2.24) is 29.5 Å². The minimum Gasteiger partial charge on any atom is -0.345 e. The number of hydrogen-bond donors (Lipinski definition) is 1. The molecule has 0 unspecified atom stereocenters. The highest BCUT2D eigenvalue weighted by Crippen LogP contribution is 2.35. The maximum Gasteiger partial charge on any atom is 0.155 e. The van der Waals surface area contributed by atoms with Crippen LogP contribution < -0.4 is 0 Å². The Balaban J connectivity index is 1.64. The molecular weight excluding hydrogens is 312 g/mol. The van der Waals surface area contributed by atoms with Gasteiger partial charge in [-0.1, -0.05) is 18.0 Å². The normalized spacial score (nSPS) is 15.3. The maximum atomic E-state index is 6.11. The molecule has 5 rings (SSSR count). The Morgan fingerprint density at radius 3 is 2.91 bits per heavy atom. The smallest absolute Gasteiger partial charge is 0.155 e. The van der Waals surface area contributed by atoms with Gasteiger partial charge in [-0.25, -0.2) is 19.5 Å². The molecule has 1 aliphatic rings. The van der Waals surface area contributed by atoms with Gasteiger partial charge in [0.1, 0.15) is 11.5 Å². The minimum atomic E-state index is 0.491. The molecule has 4 aromatic rings. The summed E-state index contributed by atoms with van der Waals surface area (Å²) in [7, 11) is 0. The lowest BCUT2D eigenvalue weighted by molar-refractivity contribution is 0.402. The summed E-state index contributed by atoms with van der Waals surface area (Å²) in [6.45, 7) is 0. The van der Waals surface area contributed by atoms with Crippen LogP contribution in [0, 0.1) is 0 Å². The Kier molecular flexibility index (Phi) is 2.69. The first-order chi connectivity index (χ1) is 11.3. The molecule has 1 aliphatic carbocycles. The fourth-order valence-corrected chi connectivity index (χ4v) is 3.16. The largest absolute Gasteiger partial charge is 0.345 e. The minimum absolute atomic E-state index is 0.491. The zero-order chi connectivity index (χ0) is 15.4. The van der Waals surface area contributed by atoms with Crippen LogP contribution >= 0.6 is 11.6 Å². The summed E-state index contributed by atoms with van der Waals surface area (Å²) in [6, 6.07) is 3.83. The van der Waals surface area contributed by atoms with Gasteiger partial charge in [-0.3, -0.25) is 0 Å². The zero-order valence-electron chi connectivity index (χ0n) is 12.2. The number of H-pyrrole nitrogens is 1. The van der Waals surface area contributed by atoms with Crippen molar-refractivity contribution >= 4 is 28.3 Å². The van der Waals surface area contributed by atoms with E-state index in [1.54, 1.807) is 10.7 Å². The standard InChI is InChI=1S/C16H13ClN6/c17-13-8-18-14-5-4-12(22-23(13)14)10-6-20-16-11(10)7-19-15(21-16)9-2-1-3-9/h4-9H,1-3H2,(H,19,20,21). The molecule has 4 heterocycles. The predicted molar refractivity (Wildman–Crippen MR) is 87.5 cm³/mol. The number of halogens is 1. The maximum absolute atomic E-state index is 6.11. The fraction of sp³-hybridized carbons (Fsp3) is 0.250. The summed E-state index contributed by atoms with van der Waals surface area (Å²) in [6.07, 6.45) is 9.06. The van der Waals surface area contributed by atoms with Gasteiger partial charge in [0.15, 0.2) is 10.8 Å². The first-order valence-electron chi connectivity index (χ1n) is 7.64. The summed E-state index contributed by atoms with van der Waals surface area (Å²) < 4.78 is 1.62. The van der Waals surface area contributed by atoms with Crippen molar-refractivity contribution in [3.05, 3.63) is 41.7 Å². The lowest BCUT2D eigenvalue weighted by atomic mass is 9.85. The molecule has 7 heteroatoms. The molecule has 0 aliphatic heterocycles. The highest BCUT2D eigenvalue weighted by molar-refractivity contribution is 6.29. The fourth-order valence-electron chi connectivity index (χ4n) is 2.98. The van der Waals surface area contributed by atoms with E-state index in [4.69, 9.17) is 11.6 Å². The first-order valence-corrected chi connectivity index (χ1v) is 8.02. The summed E-state index contributed by atoms with van der Waals surface area (Å²) in [4.78, 5) is 16.7. The number of hydrogen-bond acceptors (Lipinski definition) is 4. The van der Waals surface area contributed by atoms with E-state index in [9.17, 15) is 0 Å². The van der Waals surface area contributed by atoms with Crippen LogP contribution in [0.15, 0.2) is 30.7 Å². The number of nitrogens with zero attached hydrogens (tertiary/aromatic N) is 5. The van der Waals surface area contributed by atoms with Gasteiger partial charge in [0, 0.05) is 29.3 Å². The molecule has 0 bridgehead atoms. The monoisotopic (exact) mass is 324 g/mol. The van der Waals surface area contributed by atoms with Gasteiger partial charge in [-0.2, -0.15) is 5.10 Å². The van der Waals surface area contributed by atoms with Crippen molar-refractivity contribution in [2.45, 2.75) is 25.2 Å². The third kappa shape index (κ3) is 1.95. The molecule has 0 saturated heterocycles. The molecule has 23 heavy (non-hydrogen) atoms. The number of fused-ring (bicyclic) bond motifs is 2.